The molecule has 0 fully saturated rings. The predicted octanol–water partition coefficient (Wildman–Crippen LogP) is 3.66. The number of ketones is 1. The van der Waals surface area contributed by atoms with Crippen LogP contribution < -0.4 is 9.47 Å². The van der Waals surface area contributed by atoms with Gasteiger partial charge in [-0.15, -0.1) is 0 Å². The number of rotatable bonds is 3. The van der Waals surface area contributed by atoms with Gasteiger partial charge >= 0.3 is 6.18 Å². The fraction of sp³-hybridized carbons (Fsp3) is 0.286. The first-order valence-electron chi connectivity index (χ1n) is 6.28. The second-order valence-corrected chi connectivity index (χ2v) is 5.71. The topological polar surface area (TPSA) is 48.4 Å². The molecule has 116 valence electrons. The van der Waals surface area contributed by atoms with Crippen molar-refractivity contribution in [2.24, 2.45) is 0 Å². The number of hydrogen-bond donors (Lipinski definition) is 0. The first kappa shape index (κ1) is 15.0. The monoisotopic (exact) mass is 329 g/mol. The summed E-state index contributed by atoms with van der Waals surface area (Å²) >= 11 is 0.974. The van der Waals surface area contributed by atoms with Crippen molar-refractivity contribution in [2.45, 2.75) is 18.1 Å². The van der Waals surface area contributed by atoms with Gasteiger partial charge < -0.3 is 9.47 Å². The lowest BCUT2D eigenvalue weighted by Crippen LogP contribution is -2.07. The molecular weight excluding hydrogens is 319 g/mol. The summed E-state index contributed by atoms with van der Waals surface area (Å²) in [6.07, 6.45) is -4.53. The van der Waals surface area contributed by atoms with Crippen LogP contribution in [0.15, 0.2) is 23.2 Å². The van der Waals surface area contributed by atoms with E-state index in [1.165, 1.54) is 19.1 Å². The third-order valence-electron chi connectivity index (χ3n) is 3.01. The highest BCUT2D eigenvalue weighted by Crippen LogP contribution is 2.42. The third-order valence-corrected chi connectivity index (χ3v) is 4.06. The molecular formula is C14H10F3NO3S. The lowest BCUT2D eigenvalue weighted by molar-refractivity contribution is -0.136. The number of hydrogen-bond acceptors (Lipinski definition) is 5. The van der Waals surface area contributed by atoms with Crippen LogP contribution in [0.25, 0.3) is 10.9 Å². The molecule has 0 saturated heterocycles. The molecule has 0 atom stereocenters. The van der Waals surface area contributed by atoms with Crippen molar-refractivity contribution in [3.05, 3.63) is 23.8 Å². The van der Waals surface area contributed by atoms with Crippen LogP contribution in [0.5, 0.6) is 11.5 Å². The number of alkyl halides is 3. The van der Waals surface area contributed by atoms with Crippen LogP contribution >= 0.6 is 11.8 Å². The van der Waals surface area contributed by atoms with Crippen molar-refractivity contribution in [3.63, 3.8) is 0 Å². The molecule has 0 radical (unpaired) electrons. The molecule has 0 aliphatic carbocycles. The molecule has 2 aromatic rings. The maximum atomic E-state index is 13.3. The van der Waals surface area contributed by atoms with E-state index in [0.29, 0.717) is 5.75 Å². The number of nitrogens with zero attached hydrogens (tertiary/aromatic N) is 1. The molecule has 3 rings (SSSR count). The van der Waals surface area contributed by atoms with E-state index in [-0.39, 0.29) is 40.0 Å². The molecule has 1 aliphatic rings. The molecule has 1 aromatic carbocycles. The maximum absolute atomic E-state index is 13.3. The van der Waals surface area contributed by atoms with Crippen LogP contribution in [-0.4, -0.2) is 23.3 Å². The predicted molar refractivity (Wildman–Crippen MR) is 74.3 cm³/mol. The third kappa shape index (κ3) is 2.83. The Morgan fingerprint density at radius 1 is 1.27 bits per heavy atom. The van der Waals surface area contributed by atoms with E-state index in [2.05, 4.69) is 4.98 Å². The first-order valence-corrected chi connectivity index (χ1v) is 7.27. The zero-order chi connectivity index (χ0) is 15.9. The molecule has 1 aromatic heterocycles. The molecule has 22 heavy (non-hydrogen) atoms. The molecule has 2 heterocycles. The minimum Gasteiger partial charge on any atom is -0.454 e. The van der Waals surface area contributed by atoms with Crippen LogP contribution in [0.4, 0.5) is 13.2 Å². The Morgan fingerprint density at radius 2 is 1.95 bits per heavy atom. The van der Waals surface area contributed by atoms with Crippen molar-refractivity contribution in [1.29, 1.82) is 0 Å². The number of fused-ring (bicyclic) bond motifs is 2. The van der Waals surface area contributed by atoms with Crippen molar-refractivity contribution >= 4 is 28.4 Å². The quantitative estimate of drug-likeness (QED) is 0.804. The highest BCUT2D eigenvalue weighted by atomic mass is 32.2. The number of halogens is 3. The lowest BCUT2D eigenvalue weighted by atomic mass is 10.1. The Bertz CT molecular complexity index is 761. The van der Waals surface area contributed by atoms with Gasteiger partial charge in [0, 0.05) is 11.5 Å². The normalized spacial score (nSPS) is 13.6. The Labute approximate surface area is 127 Å². The van der Waals surface area contributed by atoms with E-state index in [1.54, 1.807) is 0 Å². The standard InChI is InChI=1S/C14H10F3NO3S/c1-7(19)5-22-13-3-9(14(15,16)17)8-2-11-12(21-6-20-11)4-10(8)18-13/h2-4H,5-6H2,1H3. The van der Waals surface area contributed by atoms with Crippen LogP contribution in [-0.2, 0) is 11.0 Å². The first-order chi connectivity index (χ1) is 10.3. The van der Waals surface area contributed by atoms with Crippen LogP contribution in [0.2, 0.25) is 0 Å². The number of benzene rings is 1. The fourth-order valence-corrected chi connectivity index (χ4v) is 2.79. The Kier molecular flexibility index (Phi) is 3.64. The van der Waals surface area contributed by atoms with Gasteiger partial charge in [-0.05, 0) is 19.1 Å². The zero-order valence-corrected chi connectivity index (χ0v) is 12.2. The van der Waals surface area contributed by atoms with E-state index >= 15 is 0 Å². The highest BCUT2D eigenvalue weighted by molar-refractivity contribution is 7.99. The summed E-state index contributed by atoms with van der Waals surface area (Å²) < 4.78 is 50.1. The summed E-state index contributed by atoms with van der Waals surface area (Å²) in [4.78, 5) is 15.2. The average molecular weight is 329 g/mol. The van der Waals surface area contributed by atoms with Gasteiger partial charge in [-0.1, -0.05) is 11.8 Å². The smallest absolute Gasteiger partial charge is 0.417 e. The van der Waals surface area contributed by atoms with E-state index in [4.69, 9.17) is 9.47 Å². The number of carbonyl (C=O) groups is 1. The summed E-state index contributed by atoms with van der Waals surface area (Å²) in [5, 5.41) is 0.0952. The Hall–Kier alpha value is -1.96. The molecule has 0 saturated carbocycles. The summed E-state index contributed by atoms with van der Waals surface area (Å²) in [6.45, 7) is 1.34. The minimum atomic E-state index is -4.53. The number of carbonyl (C=O) groups excluding carboxylic acids is 1. The zero-order valence-electron chi connectivity index (χ0n) is 11.4. The lowest BCUT2D eigenvalue weighted by Gasteiger charge is -2.12. The van der Waals surface area contributed by atoms with Crippen molar-refractivity contribution in [3.8, 4) is 11.5 Å². The van der Waals surface area contributed by atoms with Crippen molar-refractivity contribution in [1.82, 2.24) is 4.98 Å². The highest BCUT2D eigenvalue weighted by Gasteiger charge is 2.34. The second-order valence-electron chi connectivity index (χ2n) is 4.72. The molecule has 0 N–H and O–H groups in total. The van der Waals surface area contributed by atoms with Gasteiger partial charge in [0.2, 0.25) is 6.79 Å². The number of Topliss-reactive ketones (excluding diaryl/α,β-unsaturated/α-hetero) is 1. The molecule has 8 heteroatoms. The van der Waals surface area contributed by atoms with Crippen LogP contribution in [0.1, 0.15) is 12.5 Å². The molecule has 0 unspecified atom stereocenters. The molecule has 0 spiro atoms. The van der Waals surface area contributed by atoms with E-state index in [0.717, 1.165) is 17.8 Å². The van der Waals surface area contributed by atoms with Gasteiger partial charge in [-0.2, -0.15) is 13.2 Å². The summed E-state index contributed by atoms with van der Waals surface area (Å²) in [5.74, 6) is 0.567. The van der Waals surface area contributed by atoms with Gasteiger partial charge in [-0.3, -0.25) is 4.79 Å². The number of thioether (sulfide) groups is 1. The van der Waals surface area contributed by atoms with E-state index in [9.17, 15) is 18.0 Å². The Morgan fingerprint density at radius 3 is 2.59 bits per heavy atom. The molecule has 0 bridgehead atoms. The van der Waals surface area contributed by atoms with Gasteiger partial charge in [0.1, 0.15) is 5.78 Å². The summed E-state index contributed by atoms with van der Waals surface area (Å²) in [5.41, 5.74) is -0.646. The molecule has 4 nitrogen and oxygen atoms in total. The Balaban J connectivity index is 2.16. The van der Waals surface area contributed by atoms with Crippen LogP contribution in [0, 0.1) is 0 Å². The maximum Gasteiger partial charge on any atom is 0.417 e. The van der Waals surface area contributed by atoms with E-state index in [1.807, 2.05) is 0 Å². The van der Waals surface area contributed by atoms with Crippen molar-refractivity contribution < 1.29 is 27.4 Å². The van der Waals surface area contributed by atoms with Gasteiger partial charge in [0.25, 0.3) is 0 Å². The van der Waals surface area contributed by atoms with Gasteiger partial charge in [-0.25, -0.2) is 4.98 Å². The average Bonchev–Trinajstić information content (AvgIpc) is 2.87. The van der Waals surface area contributed by atoms with E-state index < -0.39 is 11.7 Å². The number of aromatic nitrogens is 1. The van der Waals surface area contributed by atoms with Gasteiger partial charge in [0.05, 0.1) is 21.9 Å². The SMILES string of the molecule is CC(=O)CSc1cc(C(F)(F)F)c2cc3c(cc2n1)OCO3. The molecule has 0 amide bonds. The van der Waals surface area contributed by atoms with Gasteiger partial charge in [0.15, 0.2) is 11.5 Å². The summed E-state index contributed by atoms with van der Waals surface area (Å²) in [6, 6.07) is 3.66. The number of pyridine rings is 1. The largest absolute Gasteiger partial charge is 0.454 e. The van der Waals surface area contributed by atoms with Crippen LogP contribution in [0.3, 0.4) is 0 Å². The fourth-order valence-electron chi connectivity index (χ4n) is 2.08. The number of ether oxygens (including phenoxy) is 2. The van der Waals surface area contributed by atoms with Crippen molar-refractivity contribution in [2.75, 3.05) is 12.5 Å². The summed E-state index contributed by atoms with van der Waals surface area (Å²) in [7, 11) is 0. The second kappa shape index (κ2) is 5.35. The molecule has 1 aliphatic heterocycles. The minimum absolute atomic E-state index is 0.0288.